The van der Waals surface area contributed by atoms with Gasteiger partial charge in [-0.1, -0.05) is 42.2 Å². The molecule has 8 heteroatoms. The first-order chi connectivity index (χ1) is 14.4. The van der Waals surface area contributed by atoms with Crippen molar-refractivity contribution in [3.8, 4) is 0 Å². The number of urea groups is 1. The molecule has 0 spiro atoms. The molecular formula is C22H27N6O2+. The molecule has 4 rings (SSSR count). The third kappa shape index (κ3) is 3.32. The highest BCUT2D eigenvalue weighted by atomic mass is 16.2. The van der Waals surface area contributed by atoms with Crippen LogP contribution in [-0.2, 0) is 11.2 Å². The van der Waals surface area contributed by atoms with E-state index in [0.29, 0.717) is 31.3 Å². The number of nitrogens with zero attached hydrogens (tertiary/aromatic N) is 6. The summed E-state index contributed by atoms with van der Waals surface area (Å²) >= 11 is 0. The number of likely N-dealkylation sites (N-methyl/N-ethyl adjacent to an activating group) is 1. The molecule has 0 radical (unpaired) electrons. The summed E-state index contributed by atoms with van der Waals surface area (Å²) in [6.07, 6.45) is 1.46. The van der Waals surface area contributed by atoms with E-state index in [1.165, 1.54) is 9.80 Å². The Morgan fingerprint density at radius 1 is 1.13 bits per heavy atom. The number of amidine groups is 1. The Balaban J connectivity index is 1.69. The average molecular weight is 407 g/mol. The summed E-state index contributed by atoms with van der Waals surface area (Å²) in [5.41, 5.74) is 2.91. The number of amides is 3. The molecule has 0 aliphatic carbocycles. The number of fused-ring (bicyclic) bond motifs is 1. The topological polar surface area (TPSA) is 73.8 Å². The van der Waals surface area contributed by atoms with Gasteiger partial charge in [0.05, 0.1) is 12.2 Å². The second-order valence-corrected chi connectivity index (χ2v) is 7.77. The normalized spacial score (nSPS) is 18.9. The Labute approximate surface area is 176 Å². The SMILES string of the molecule is CCC[N+]1=C(n2nc(C)cc2C)N=C2C1C(=O)N(CCc1ccccc1)C(=O)N2C. The second kappa shape index (κ2) is 7.85. The van der Waals surface area contributed by atoms with Crippen LogP contribution in [0.1, 0.15) is 30.3 Å². The van der Waals surface area contributed by atoms with E-state index in [0.717, 1.165) is 23.4 Å². The number of imide groups is 1. The zero-order valence-electron chi connectivity index (χ0n) is 17.9. The predicted molar refractivity (Wildman–Crippen MR) is 114 cm³/mol. The molecule has 1 aromatic carbocycles. The zero-order chi connectivity index (χ0) is 21.4. The van der Waals surface area contributed by atoms with Crippen LogP contribution in [0.25, 0.3) is 0 Å². The third-order valence-electron chi connectivity index (χ3n) is 5.52. The Kier molecular flexibility index (Phi) is 5.24. The maximum atomic E-state index is 13.4. The summed E-state index contributed by atoms with van der Waals surface area (Å²) in [5.74, 6) is 0.843. The van der Waals surface area contributed by atoms with E-state index in [9.17, 15) is 9.59 Å². The molecule has 1 aromatic heterocycles. The molecule has 8 nitrogen and oxygen atoms in total. The van der Waals surface area contributed by atoms with Crippen LogP contribution in [0.5, 0.6) is 0 Å². The van der Waals surface area contributed by atoms with Gasteiger partial charge in [-0.15, -0.1) is 9.78 Å². The molecule has 30 heavy (non-hydrogen) atoms. The van der Waals surface area contributed by atoms with Gasteiger partial charge in [-0.25, -0.2) is 9.37 Å². The quantitative estimate of drug-likeness (QED) is 0.712. The van der Waals surface area contributed by atoms with Gasteiger partial charge in [0.25, 0.3) is 5.91 Å². The minimum atomic E-state index is -0.609. The number of hydrogen-bond donors (Lipinski definition) is 0. The lowest BCUT2D eigenvalue weighted by molar-refractivity contribution is -0.537. The third-order valence-corrected chi connectivity index (χ3v) is 5.52. The first-order valence-corrected chi connectivity index (χ1v) is 10.3. The standard InChI is InChI=1S/C22H27N6O2/c1-5-12-26-18-19(23-21(26)28-16(3)14-15(2)24-28)25(4)22(30)27(20(18)29)13-11-17-9-7-6-8-10-17/h6-10,14,18H,5,11-13H2,1-4H3/q+1. The Morgan fingerprint density at radius 2 is 1.87 bits per heavy atom. The van der Waals surface area contributed by atoms with Crippen LogP contribution in [0.2, 0.25) is 0 Å². The number of rotatable bonds is 5. The number of carbonyl (C=O) groups excluding carboxylic acids is 2. The van der Waals surface area contributed by atoms with Crippen LogP contribution < -0.4 is 0 Å². The van der Waals surface area contributed by atoms with Crippen molar-refractivity contribution in [1.29, 1.82) is 0 Å². The van der Waals surface area contributed by atoms with Gasteiger partial charge in [0.15, 0.2) is 0 Å². The zero-order valence-corrected chi connectivity index (χ0v) is 17.9. The van der Waals surface area contributed by atoms with Crippen molar-refractivity contribution in [2.75, 3.05) is 20.1 Å². The van der Waals surface area contributed by atoms with E-state index in [4.69, 9.17) is 4.99 Å². The number of aliphatic imine (C=N–C) groups is 1. The minimum absolute atomic E-state index is 0.224. The van der Waals surface area contributed by atoms with Gasteiger partial charge in [0, 0.05) is 13.6 Å². The molecule has 2 aliphatic heterocycles. The van der Waals surface area contributed by atoms with Gasteiger partial charge in [-0.2, -0.15) is 0 Å². The summed E-state index contributed by atoms with van der Waals surface area (Å²) in [4.78, 5) is 34.0. The molecular weight excluding hydrogens is 380 g/mol. The summed E-state index contributed by atoms with van der Waals surface area (Å²) in [6, 6.07) is 10.9. The Morgan fingerprint density at radius 3 is 2.50 bits per heavy atom. The van der Waals surface area contributed by atoms with Crippen LogP contribution in [0.4, 0.5) is 4.79 Å². The van der Waals surface area contributed by atoms with Gasteiger partial charge < -0.3 is 0 Å². The van der Waals surface area contributed by atoms with Crippen molar-refractivity contribution in [2.45, 2.75) is 39.7 Å². The van der Waals surface area contributed by atoms with E-state index in [2.05, 4.69) is 12.0 Å². The molecule has 0 N–H and O–H groups in total. The fourth-order valence-corrected chi connectivity index (χ4v) is 4.07. The maximum absolute atomic E-state index is 13.4. The lowest BCUT2D eigenvalue weighted by Gasteiger charge is -2.34. The van der Waals surface area contributed by atoms with Gasteiger partial charge in [-0.05, 0) is 38.3 Å². The smallest absolute Gasteiger partial charge is 0.270 e. The lowest BCUT2D eigenvalue weighted by Crippen LogP contribution is -2.63. The van der Waals surface area contributed by atoms with Gasteiger partial charge in [-0.3, -0.25) is 14.6 Å². The molecule has 3 heterocycles. The van der Waals surface area contributed by atoms with E-state index in [1.54, 1.807) is 11.7 Å². The molecule has 156 valence electrons. The average Bonchev–Trinajstić information content (AvgIpc) is 3.27. The number of hydrogen-bond acceptors (Lipinski definition) is 4. The second-order valence-electron chi connectivity index (χ2n) is 7.77. The minimum Gasteiger partial charge on any atom is -0.270 e. The largest absolute Gasteiger partial charge is 0.421 e. The van der Waals surface area contributed by atoms with E-state index >= 15 is 0 Å². The highest BCUT2D eigenvalue weighted by molar-refractivity contribution is 6.23. The van der Waals surface area contributed by atoms with Crippen molar-refractivity contribution < 1.29 is 14.2 Å². The number of benzene rings is 1. The first kappa shape index (κ1) is 20.0. The fourth-order valence-electron chi connectivity index (χ4n) is 4.07. The van der Waals surface area contributed by atoms with Crippen molar-refractivity contribution >= 4 is 23.7 Å². The molecule has 3 amide bonds. The Bertz CT molecular complexity index is 1050. The van der Waals surface area contributed by atoms with Crippen molar-refractivity contribution in [3.63, 3.8) is 0 Å². The fraction of sp³-hybridized carbons (Fsp3) is 0.409. The van der Waals surface area contributed by atoms with E-state index in [-0.39, 0.29) is 11.9 Å². The van der Waals surface area contributed by atoms with Crippen LogP contribution in [0.15, 0.2) is 41.4 Å². The van der Waals surface area contributed by atoms with Crippen LogP contribution in [0.3, 0.4) is 0 Å². The highest BCUT2D eigenvalue weighted by Crippen LogP contribution is 2.22. The molecule has 2 aromatic rings. The number of carbonyl (C=O) groups is 2. The monoisotopic (exact) mass is 407 g/mol. The van der Waals surface area contributed by atoms with Crippen molar-refractivity contribution in [3.05, 3.63) is 53.3 Å². The maximum Gasteiger partial charge on any atom is 0.421 e. The van der Waals surface area contributed by atoms with Gasteiger partial charge in [0.2, 0.25) is 11.9 Å². The molecule has 0 saturated carbocycles. The summed E-state index contributed by atoms with van der Waals surface area (Å²) < 4.78 is 3.73. The molecule has 1 unspecified atom stereocenters. The van der Waals surface area contributed by atoms with Crippen LogP contribution in [0, 0.1) is 13.8 Å². The van der Waals surface area contributed by atoms with Crippen LogP contribution in [-0.4, -0.2) is 74.1 Å². The predicted octanol–water partition coefficient (Wildman–Crippen LogP) is 2.04. The summed E-state index contributed by atoms with van der Waals surface area (Å²) in [7, 11) is 1.68. The van der Waals surface area contributed by atoms with Gasteiger partial charge >= 0.3 is 12.0 Å². The van der Waals surface area contributed by atoms with E-state index in [1.807, 2.05) is 54.8 Å². The number of aromatic nitrogens is 2. The molecule has 0 bridgehead atoms. The molecule has 1 saturated heterocycles. The first-order valence-electron chi connectivity index (χ1n) is 10.3. The van der Waals surface area contributed by atoms with Gasteiger partial charge in [0.1, 0.15) is 5.69 Å². The van der Waals surface area contributed by atoms with E-state index < -0.39 is 6.04 Å². The molecule has 1 atom stereocenters. The highest BCUT2D eigenvalue weighted by Gasteiger charge is 2.52. The van der Waals surface area contributed by atoms with Crippen molar-refractivity contribution in [2.24, 2.45) is 4.99 Å². The summed E-state index contributed by atoms with van der Waals surface area (Å²) in [6.45, 7) is 6.93. The summed E-state index contributed by atoms with van der Waals surface area (Å²) in [5, 5.41) is 4.55. The number of aryl methyl sites for hydroxylation is 2. The molecule has 2 aliphatic rings. The van der Waals surface area contributed by atoms with Crippen molar-refractivity contribution in [1.82, 2.24) is 19.6 Å². The molecule has 1 fully saturated rings. The lowest BCUT2D eigenvalue weighted by atomic mass is 10.1. The Hall–Kier alpha value is -3.29. The van der Waals surface area contributed by atoms with Crippen LogP contribution >= 0.6 is 0 Å².